The van der Waals surface area contributed by atoms with Crippen molar-refractivity contribution in [2.24, 2.45) is 4.99 Å². The number of para-hydroxylation sites is 1. The highest BCUT2D eigenvalue weighted by Crippen LogP contribution is 2.33. The molecule has 1 amide bonds. The Labute approximate surface area is 147 Å². The van der Waals surface area contributed by atoms with Gasteiger partial charge in [-0.05, 0) is 36.7 Å². The van der Waals surface area contributed by atoms with Crippen molar-refractivity contribution in [1.82, 2.24) is 4.90 Å². The fourth-order valence-corrected chi connectivity index (χ4v) is 3.77. The van der Waals surface area contributed by atoms with Crippen LogP contribution < -0.4 is 4.74 Å². The van der Waals surface area contributed by atoms with Crippen molar-refractivity contribution in [2.75, 3.05) is 19.7 Å². The third-order valence-corrected chi connectivity index (χ3v) is 5.09. The molecular weight excluding hydrogens is 320 g/mol. The minimum Gasteiger partial charge on any atom is -0.489 e. The molecule has 0 aliphatic carbocycles. The van der Waals surface area contributed by atoms with Gasteiger partial charge in [0.2, 0.25) is 0 Å². The van der Waals surface area contributed by atoms with E-state index in [1.54, 1.807) is 6.08 Å². The van der Waals surface area contributed by atoms with Crippen molar-refractivity contribution in [3.63, 3.8) is 0 Å². The largest absolute Gasteiger partial charge is 0.489 e. The number of carbonyl (C=O) groups excluding carboxylic acids is 1. The summed E-state index contributed by atoms with van der Waals surface area (Å²) in [5.74, 6) is 0.597. The molecule has 2 heterocycles. The standard InChI is InChI=1S/C19H22N2O2S/c1-2-13-23-16-10-6-5-9-15(16)14-17-18(22)20-19(24-17)21-11-7-3-4-8-12-21/h2,5-6,9-10,14H,1,3-4,7-8,11-13H2. The van der Waals surface area contributed by atoms with E-state index in [0.717, 1.165) is 29.6 Å². The van der Waals surface area contributed by atoms with Gasteiger partial charge in [-0.25, -0.2) is 0 Å². The molecule has 0 aromatic heterocycles. The fraction of sp³-hybridized carbons (Fsp3) is 0.368. The van der Waals surface area contributed by atoms with Crippen molar-refractivity contribution in [2.45, 2.75) is 25.7 Å². The molecule has 1 aromatic carbocycles. The average Bonchev–Trinajstić information content (AvgIpc) is 2.80. The van der Waals surface area contributed by atoms with E-state index in [-0.39, 0.29) is 5.91 Å². The Bertz CT molecular complexity index is 674. The lowest BCUT2D eigenvalue weighted by Gasteiger charge is -2.20. The molecule has 0 radical (unpaired) electrons. The van der Waals surface area contributed by atoms with Gasteiger partial charge < -0.3 is 9.64 Å². The number of benzene rings is 1. The summed E-state index contributed by atoms with van der Waals surface area (Å²) in [5.41, 5.74) is 0.891. The molecule has 126 valence electrons. The number of rotatable bonds is 4. The summed E-state index contributed by atoms with van der Waals surface area (Å²) in [6.07, 6.45) is 8.45. The van der Waals surface area contributed by atoms with Gasteiger partial charge in [0.1, 0.15) is 12.4 Å². The van der Waals surface area contributed by atoms with Gasteiger partial charge in [-0.15, -0.1) is 0 Å². The molecule has 1 fully saturated rings. The Morgan fingerprint density at radius 3 is 2.71 bits per heavy atom. The number of aliphatic imine (C=N–C) groups is 1. The summed E-state index contributed by atoms with van der Waals surface area (Å²) in [6.45, 7) is 6.09. The molecule has 5 heteroatoms. The van der Waals surface area contributed by atoms with Gasteiger partial charge >= 0.3 is 0 Å². The number of ether oxygens (including phenoxy) is 1. The van der Waals surface area contributed by atoms with Crippen molar-refractivity contribution in [1.29, 1.82) is 0 Å². The van der Waals surface area contributed by atoms with E-state index < -0.39 is 0 Å². The van der Waals surface area contributed by atoms with Crippen LogP contribution in [-0.2, 0) is 4.79 Å². The minimum atomic E-state index is -0.155. The number of nitrogens with zero attached hydrogens (tertiary/aromatic N) is 2. The number of amides is 1. The molecule has 1 saturated heterocycles. The molecule has 24 heavy (non-hydrogen) atoms. The van der Waals surface area contributed by atoms with E-state index in [0.29, 0.717) is 11.5 Å². The maximum atomic E-state index is 12.3. The van der Waals surface area contributed by atoms with Crippen LogP contribution in [0.1, 0.15) is 31.2 Å². The molecule has 2 aliphatic heterocycles. The molecule has 0 unspecified atom stereocenters. The predicted molar refractivity (Wildman–Crippen MR) is 100 cm³/mol. The van der Waals surface area contributed by atoms with Crippen molar-refractivity contribution in [3.8, 4) is 5.75 Å². The lowest BCUT2D eigenvalue weighted by Crippen LogP contribution is -2.28. The molecule has 0 N–H and O–H groups in total. The summed E-state index contributed by atoms with van der Waals surface area (Å²) in [5, 5.41) is 0.845. The first-order chi connectivity index (χ1) is 11.8. The number of amidine groups is 1. The van der Waals surface area contributed by atoms with Crippen LogP contribution in [0.25, 0.3) is 6.08 Å². The Balaban J connectivity index is 1.75. The number of thioether (sulfide) groups is 1. The van der Waals surface area contributed by atoms with Gasteiger partial charge in [0.25, 0.3) is 5.91 Å². The van der Waals surface area contributed by atoms with Gasteiger partial charge in [-0.1, -0.05) is 43.7 Å². The second kappa shape index (κ2) is 8.20. The maximum absolute atomic E-state index is 12.3. The van der Waals surface area contributed by atoms with Crippen LogP contribution in [0.2, 0.25) is 0 Å². The van der Waals surface area contributed by atoms with Crippen LogP contribution >= 0.6 is 11.8 Å². The molecule has 4 nitrogen and oxygen atoms in total. The summed E-state index contributed by atoms with van der Waals surface area (Å²) in [6, 6.07) is 7.71. The van der Waals surface area contributed by atoms with Crippen LogP contribution in [-0.4, -0.2) is 35.7 Å². The lowest BCUT2D eigenvalue weighted by atomic mass is 10.2. The smallest absolute Gasteiger partial charge is 0.286 e. The first-order valence-electron chi connectivity index (χ1n) is 8.38. The number of hydrogen-bond acceptors (Lipinski definition) is 4. The summed E-state index contributed by atoms with van der Waals surface area (Å²) in [4.78, 5) is 19.5. The summed E-state index contributed by atoms with van der Waals surface area (Å²) >= 11 is 1.47. The van der Waals surface area contributed by atoms with Crippen LogP contribution in [0.15, 0.2) is 46.8 Å². The molecule has 0 bridgehead atoms. The molecule has 0 spiro atoms. The van der Waals surface area contributed by atoms with Crippen LogP contribution in [0.3, 0.4) is 0 Å². The van der Waals surface area contributed by atoms with Crippen LogP contribution in [0, 0.1) is 0 Å². The second-order valence-electron chi connectivity index (χ2n) is 5.85. The van der Waals surface area contributed by atoms with E-state index >= 15 is 0 Å². The second-order valence-corrected chi connectivity index (χ2v) is 6.86. The summed E-state index contributed by atoms with van der Waals surface area (Å²) < 4.78 is 5.66. The highest BCUT2D eigenvalue weighted by atomic mass is 32.2. The topological polar surface area (TPSA) is 41.9 Å². The molecule has 0 atom stereocenters. The van der Waals surface area contributed by atoms with E-state index in [4.69, 9.17) is 4.74 Å². The van der Waals surface area contributed by atoms with Gasteiger partial charge in [0.15, 0.2) is 5.17 Å². The Morgan fingerprint density at radius 1 is 1.21 bits per heavy atom. The number of hydrogen-bond donors (Lipinski definition) is 0. The molecule has 3 rings (SSSR count). The van der Waals surface area contributed by atoms with Gasteiger partial charge in [0.05, 0.1) is 4.91 Å². The van der Waals surface area contributed by atoms with Crippen molar-refractivity contribution >= 4 is 28.9 Å². The molecule has 0 saturated carbocycles. The van der Waals surface area contributed by atoms with E-state index in [2.05, 4.69) is 16.5 Å². The zero-order chi connectivity index (χ0) is 16.8. The van der Waals surface area contributed by atoms with Crippen molar-refractivity contribution in [3.05, 3.63) is 47.4 Å². The average molecular weight is 342 g/mol. The zero-order valence-electron chi connectivity index (χ0n) is 13.7. The minimum absolute atomic E-state index is 0.155. The third-order valence-electron chi connectivity index (χ3n) is 4.05. The third kappa shape index (κ3) is 4.09. The predicted octanol–water partition coefficient (Wildman–Crippen LogP) is 4.10. The quantitative estimate of drug-likeness (QED) is 0.610. The zero-order valence-corrected chi connectivity index (χ0v) is 14.6. The van der Waals surface area contributed by atoms with Gasteiger partial charge in [-0.3, -0.25) is 4.79 Å². The van der Waals surface area contributed by atoms with E-state index in [9.17, 15) is 4.79 Å². The van der Waals surface area contributed by atoms with E-state index in [1.165, 1.54) is 37.4 Å². The first-order valence-corrected chi connectivity index (χ1v) is 9.20. The Hall–Kier alpha value is -2.01. The normalized spacial score (nSPS) is 20.0. The molecule has 1 aromatic rings. The fourth-order valence-electron chi connectivity index (χ4n) is 2.82. The highest BCUT2D eigenvalue weighted by Gasteiger charge is 2.26. The summed E-state index contributed by atoms with van der Waals surface area (Å²) in [7, 11) is 0. The molecular formula is C19H22N2O2S. The highest BCUT2D eigenvalue weighted by molar-refractivity contribution is 8.18. The monoisotopic (exact) mass is 342 g/mol. The van der Waals surface area contributed by atoms with Gasteiger partial charge in [-0.2, -0.15) is 4.99 Å². The molecule has 2 aliphatic rings. The van der Waals surface area contributed by atoms with Crippen LogP contribution in [0.5, 0.6) is 5.75 Å². The van der Waals surface area contributed by atoms with E-state index in [1.807, 2.05) is 30.3 Å². The number of carbonyl (C=O) groups is 1. The maximum Gasteiger partial charge on any atom is 0.286 e. The Morgan fingerprint density at radius 2 is 1.96 bits per heavy atom. The van der Waals surface area contributed by atoms with Crippen LogP contribution in [0.4, 0.5) is 0 Å². The lowest BCUT2D eigenvalue weighted by molar-refractivity contribution is -0.113. The number of likely N-dealkylation sites (tertiary alicyclic amines) is 1. The van der Waals surface area contributed by atoms with Crippen molar-refractivity contribution < 1.29 is 9.53 Å². The first kappa shape index (κ1) is 16.8. The SMILES string of the molecule is C=CCOc1ccccc1C=C1SC(N2CCCCCC2)=NC1=O. The van der Waals surface area contributed by atoms with Gasteiger partial charge in [0, 0.05) is 18.7 Å². The Kier molecular flexibility index (Phi) is 5.75.